The summed E-state index contributed by atoms with van der Waals surface area (Å²) in [6.07, 6.45) is 0.780. The van der Waals surface area contributed by atoms with E-state index < -0.39 is 23.5 Å². The Hall–Kier alpha value is -4.08. The SMILES string of the molecule is CC(C)(C)OC(=O)N1CCc2ccc(N3CCN(CC(=O)NC(CC(=O)O)c4ccccc4)C3=O)cc2CC1. The van der Waals surface area contributed by atoms with Crippen LogP contribution in [0.4, 0.5) is 15.3 Å². The van der Waals surface area contributed by atoms with Gasteiger partial charge in [0.2, 0.25) is 5.91 Å². The number of nitrogens with zero attached hydrogens (tertiary/aromatic N) is 3. The van der Waals surface area contributed by atoms with Gasteiger partial charge < -0.3 is 25.0 Å². The fraction of sp³-hybridized carbons (Fsp3) is 0.448. The number of nitrogens with one attached hydrogen (secondary N) is 1. The second-order valence-electron chi connectivity index (χ2n) is 10.9. The summed E-state index contributed by atoms with van der Waals surface area (Å²) in [5.41, 5.74) is 3.11. The van der Waals surface area contributed by atoms with Crippen molar-refractivity contribution in [3.8, 4) is 0 Å². The number of carboxylic acid groups (broad SMARTS) is 1. The van der Waals surface area contributed by atoms with Gasteiger partial charge in [0.05, 0.1) is 12.5 Å². The molecule has 2 N–H and O–H groups in total. The van der Waals surface area contributed by atoms with Gasteiger partial charge in [-0.1, -0.05) is 36.4 Å². The molecule has 0 aliphatic carbocycles. The van der Waals surface area contributed by atoms with E-state index in [1.54, 1.807) is 34.1 Å². The molecule has 0 spiro atoms. The van der Waals surface area contributed by atoms with E-state index in [1.807, 2.05) is 45.0 Å². The summed E-state index contributed by atoms with van der Waals surface area (Å²) >= 11 is 0. The van der Waals surface area contributed by atoms with Crippen LogP contribution in [0.15, 0.2) is 48.5 Å². The molecular weight excluding hydrogens is 500 g/mol. The third kappa shape index (κ3) is 7.28. The van der Waals surface area contributed by atoms with Crippen molar-refractivity contribution < 1.29 is 29.0 Å². The van der Waals surface area contributed by atoms with E-state index in [1.165, 1.54) is 4.90 Å². The molecule has 2 aromatic carbocycles. The monoisotopic (exact) mass is 536 g/mol. The molecule has 0 saturated carbocycles. The first-order valence-electron chi connectivity index (χ1n) is 13.2. The lowest BCUT2D eigenvalue weighted by Gasteiger charge is -2.26. The van der Waals surface area contributed by atoms with E-state index in [9.17, 15) is 24.3 Å². The van der Waals surface area contributed by atoms with Crippen LogP contribution in [0, 0.1) is 0 Å². The molecule has 4 rings (SSSR count). The van der Waals surface area contributed by atoms with Crippen LogP contribution in [0.2, 0.25) is 0 Å². The van der Waals surface area contributed by atoms with Crippen LogP contribution in [0.3, 0.4) is 0 Å². The zero-order chi connectivity index (χ0) is 28.2. The van der Waals surface area contributed by atoms with E-state index in [0.717, 1.165) is 16.8 Å². The minimum Gasteiger partial charge on any atom is -0.481 e. The van der Waals surface area contributed by atoms with Crippen LogP contribution < -0.4 is 10.2 Å². The molecule has 0 radical (unpaired) electrons. The Labute approximate surface area is 228 Å². The highest BCUT2D eigenvalue weighted by Gasteiger charge is 2.32. The number of hydrogen-bond acceptors (Lipinski definition) is 5. The summed E-state index contributed by atoms with van der Waals surface area (Å²) in [5.74, 6) is -1.44. The Morgan fingerprint density at radius 3 is 2.33 bits per heavy atom. The van der Waals surface area contributed by atoms with Crippen LogP contribution in [0.5, 0.6) is 0 Å². The lowest BCUT2D eigenvalue weighted by atomic mass is 10.0. The van der Waals surface area contributed by atoms with Gasteiger partial charge in [0.1, 0.15) is 12.1 Å². The topological polar surface area (TPSA) is 119 Å². The number of hydrogen-bond donors (Lipinski definition) is 2. The van der Waals surface area contributed by atoms with Crippen LogP contribution in [-0.4, -0.2) is 77.2 Å². The summed E-state index contributed by atoms with van der Waals surface area (Å²) in [7, 11) is 0. The van der Waals surface area contributed by atoms with Gasteiger partial charge in [-0.15, -0.1) is 0 Å². The molecule has 0 aromatic heterocycles. The lowest BCUT2D eigenvalue weighted by Crippen LogP contribution is -2.41. The number of ether oxygens (including phenoxy) is 1. The van der Waals surface area contributed by atoms with Crippen LogP contribution in [-0.2, 0) is 27.2 Å². The van der Waals surface area contributed by atoms with Crippen LogP contribution in [0.1, 0.15) is 49.9 Å². The van der Waals surface area contributed by atoms with Crippen molar-refractivity contribution in [2.24, 2.45) is 0 Å². The number of rotatable bonds is 7. The van der Waals surface area contributed by atoms with Crippen molar-refractivity contribution in [1.29, 1.82) is 0 Å². The molecule has 2 aliphatic heterocycles. The summed E-state index contributed by atoms with van der Waals surface area (Å²) in [5, 5.41) is 12.1. The van der Waals surface area contributed by atoms with Gasteiger partial charge in [0, 0.05) is 31.9 Å². The molecule has 2 aliphatic rings. The molecule has 1 saturated heterocycles. The Morgan fingerprint density at radius 2 is 1.67 bits per heavy atom. The number of amides is 4. The smallest absolute Gasteiger partial charge is 0.410 e. The summed E-state index contributed by atoms with van der Waals surface area (Å²) in [4.78, 5) is 54.7. The van der Waals surface area contributed by atoms with E-state index in [4.69, 9.17) is 4.74 Å². The Bertz CT molecular complexity index is 1230. The largest absolute Gasteiger partial charge is 0.481 e. The standard InChI is InChI=1S/C29H36N4O6/c1-29(2,3)39-28(38)31-13-11-20-9-10-23(17-22(20)12-14-31)33-16-15-32(27(33)37)19-25(34)30-24(18-26(35)36)21-7-5-4-6-8-21/h4-10,17,24H,11-16,18-19H2,1-3H3,(H,30,34)(H,35,36). The number of carboxylic acids is 1. The second-order valence-corrected chi connectivity index (χ2v) is 10.9. The zero-order valence-corrected chi connectivity index (χ0v) is 22.7. The van der Waals surface area contributed by atoms with E-state index >= 15 is 0 Å². The second kappa shape index (κ2) is 11.8. The highest BCUT2D eigenvalue weighted by atomic mass is 16.6. The van der Waals surface area contributed by atoms with Gasteiger partial charge in [0.15, 0.2) is 0 Å². The van der Waals surface area contributed by atoms with Gasteiger partial charge in [-0.25, -0.2) is 9.59 Å². The molecule has 2 heterocycles. The Morgan fingerprint density at radius 1 is 0.974 bits per heavy atom. The number of carbonyl (C=O) groups is 4. The molecule has 1 atom stereocenters. The molecule has 39 heavy (non-hydrogen) atoms. The first kappa shape index (κ1) is 27.9. The molecule has 4 amide bonds. The van der Waals surface area contributed by atoms with Crippen molar-refractivity contribution in [2.45, 2.75) is 51.7 Å². The number of aliphatic carboxylic acids is 1. The third-order valence-corrected chi connectivity index (χ3v) is 6.80. The molecule has 208 valence electrons. The van der Waals surface area contributed by atoms with Crippen molar-refractivity contribution in [2.75, 3.05) is 37.6 Å². The summed E-state index contributed by atoms with van der Waals surface area (Å²) in [6, 6.07) is 13.9. The van der Waals surface area contributed by atoms with Crippen molar-refractivity contribution in [1.82, 2.24) is 15.1 Å². The molecule has 10 nitrogen and oxygen atoms in total. The van der Waals surface area contributed by atoms with Crippen molar-refractivity contribution in [3.63, 3.8) is 0 Å². The number of fused-ring (bicyclic) bond motifs is 1. The molecule has 1 fully saturated rings. The van der Waals surface area contributed by atoms with Gasteiger partial charge in [-0.05, 0) is 62.4 Å². The van der Waals surface area contributed by atoms with Gasteiger partial charge >= 0.3 is 18.1 Å². The normalized spacial score (nSPS) is 16.4. The summed E-state index contributed by atoms with van der Waals surface area (Å²) in [6.45, 7) is 7.30. The highest BCUT2D eigenvalue weighted by molar-refractivity contribution is 5.96. The number of anilines is 1. The van der Waals surface area contributed by atoms with Crippen LogP contribution >= 0.6 is 0 Å². The minimum atomic E-state index is -1.02. The molecular formula is C29H36N4O6. The fourth-order valence-corrected chi connectivity index (χ4v) is 4.88. The van der Waals surface area contributed by atoms with E-state index in [0.29, 0.717) is 44.6 Å². The quantitative estimate of drug-likeness (QED) is 0.558. The number of benzene rings is 2. The average molecular weight is 537 g/mol. The summed E-state index contributed by atoms with van der Waals surface area (Å²) < 4.78 is 5.53. The van der Waals surface area contributed by atoms with E-state index in [2.05, 4.69) is 5.32 Å². The Kier molecular flexibility index (Phi) is 8.42. The molecule has 10 heteroatoms. The molecule has 0 bridgehead atoms. The maximum atomic E-state index is 13.2. The average Bonchev–Trinajstić information content (AvgIpc) is 3.08. The molecule has 1 unspecified atom stereocenters. The predicted molar refractivity (Wildman–Crippen MR) is 146 cm³/mol. The zero-order valence-electron chi connectivity index (χ0n) is 22.7. The van der Waals surface area contributed by atoms with Crippen molar-refractivity contribution >= 4 is 29.7 Å². The fourth-order valence-electron chi connectivity index (χ4n) is 4.88. The predicted octanol–water partition coefficient (Wildman–Crippen LogP) is 3.60. The third-order valence-electron chi connectivity index (χ3n) is 6.80. The van der Waals surface area contributed by atoms with Gasteiger partial charge in [0.25, 0.3) is 0 Å². The lowest BCUT2D eigenvalue weighted by molar-refractivity contribution is -0.137. The Balaban J connectivity index is 1.37. The van der Waals surface area contributed by atoms with E-state index in [-0.39, 0.29) is 25.1 Å². The van der Waals surface area contributed by atoms with Crippen LogP contribution in [0.25, 0.3) is 0 Å². The van der Waals surface area contributed by atoms with Crippen molar-refractivity contribution in [3.05, 3.63) is 65.2 Å². The maximum Gasteiger partial charge on any atom is 0.410 e. The number of carbonyl (C=O) groups excluding carboxylic acids is 3. The van der Waals surface area contributed by atoms with Gasteiger partial charge in [-0.2, -0.15) is 0 Å². The molecule has 2 aromatic rings. The first-order valence-corrected chi connectivity index (χ1v) is 13.2. The first-order chi connectivity index (χ1) is 18.5. The highest BCUT2D eigenvalue weighted by Crippen LogP contribution is 2.26. The maximum absolute atomic E-state index is 13.2. The minimum absolute atomic E-state index is 0.159. The van der Waals surface area contributed by atoms with Gasteiger partial charge in [-0.3, -0.25) is 14.5 Å². The number of urea groups is 1.